The molecule has 0 amide bonds. The minimum Gasteiger partial charge on any atom is -0.368 e. The predicted octanol–water partition coefficient (Wildman–Crippen LogP) is 5.62. The summed E-state index contributed by atoms with van der Waals surface area (Å²) in [5.74, 6) is 0.690. The van der Waals surface area contributed by atoms with Crippen LogP contribution in [0.3, 0.4) is 0 Å². The summed E-state index contributed by atoms with van der Waals surface area (Å²) in [4.78, 5) is 10.9. The normalized spacial score (nSPS) is 11.3. The van der Waals surface area contributed by atoms with E-state index in [1.807, 2.05) is 12.2 Å². The van der Waals surface area contributed by atoms with Gasteiger partial charge in [-0.1, -0.05) is 58.6 Å². The van der Waals surface area contributed by atoms with Crippen molar-refractivity contribution in [2.75, 3.05) is 31.5 Å². The van der Waals surface area contributed by atoms with Crippen LogP contribution in [0.25, 0.3) is 10.9 Å². The van der Waals surface area contributed by atoms with Crippen LogP contribution >= 0.6 is 58.8 Å². The Morgan fingerprint density at radius 3 is 2.35 bits per heavy atom. The van der Waals surface area contributed by atoms with Crippen molar-refractivity contribution in [3.8, 4) is 0 Å². The van der Waals surface area contributed by atoms with Gasteiger partial charge in [0.2, 0.25) is 3.79 Å². The molecule has 142 valence electrons. The Labute approximate surface area is 179 Å². The molecule has 0 unspecified atom stereocenters. The summed E-state index contributed by atoms with van der Waals surface area (Å²) in [6, 6.07) is 5.29. The van der Waals surface area contributed by atoms with E-state index in [-0.39, 0.29) is 18.2 Å². The number of nitrogens with zero attached hydrogens (tertiary/aromatic N) is 3. The quantitative estimate of drug-likeness (QED) is 0.414. The summed E-state index contributed by atoms with van der Waals surface area (Å²) in [7, 11) is 0. The average molecular weight is 457 g/mol. The Bertz CT molecular complexity index is 751. The van der Waals surface area contributed by atoms with Crippen LogP contribution in [0.1, 0.15) is 5.82 Å². The van der Waals surface area contributed by atoms with Gasteiger partial charge in [0, 0.05) is 36.6 Å². The first-order chi connectivity index (χ1) is 11.8. The molecule has 1 heterocycles. The SMILES string of the molecule is C=CCN(CC=C)CCNc1nc(C(Cl)(Cl)Cl)nc2ccc(Cl)cc12.Cl. The molecule has 0 aliphatic rings. The number of fused-ring (bicyclic) bond motifs is 1. The van der Waals surface area contributed by atoms with Crippen molar-refractivity contribution in [3.63, 3.8) is 0 Å². The number of nitrogens with one attached hydrogen (secondary N) is 1. The molecule has 0 fully saturated rings. The van der Waals surface area contributed by atoms with Gasteiger partial charge in [-0.05, 0) is 18.2 Å². The van der Waals surface area contributed by atoms with Crippen LogP contribution in [0, 0.1) is 0 Å². The molecule has 0 saturated heterocycles. The molecule has 0 bridgehead atoms. The van der Waals surface area contributed by atoms with E-state index < -0.39 is 3.79 Å². The lowest BCUT2D eigenvalue weighted by molar-refractivity contribution is 0.349. The van der Waals surface area contributed by atoms with E-state index in [0.29, 0.717) is 22.9 Å². The van der Waals surface area contributed by atoms with Gasteiger partial charge in [0.05, 0.1) is 5.52 Å². The standard InChI is InChI=1S/C17H18Cl4N4.ClH/c1-3-8-25(9-4-2)10-7-22-15-13-11-12(18)5-6-14(13)23-16(24-15)17(19,20)21;/h3-6,11H,1-2,7-10H2,(H,22,23,24);1H. The summed E-state index contributed by atoms with van der Waals surface area (Å²) < 4.78 is -1.71. The number of alkyl halides is 3. The number of hydrogen-bond acceptors (Lipinski definition) is 4. The van der Waals surface area contributed by atoms with Crippen molar-refractivity contribution in [1.29, 1.82) is 0 Å². The Kier molecular flexibility index (Phi) is 9.45. The van der Waals surface area contributed by atoms with Gasteiger partial charge in [-0.2, -0.15) is 0 Å². The second kappa shape index (κ2) is 10.5. The maximum atomic E-state index is 6.10. The zero-order valence-electron chi connectivity index (χ0n) is 13.9. The molecule has 0 aliphatic heterocycles. The number of benzene rings is 1. The molecule has 2 aromatic rings. The monoisotopic (exact) mass is 454 g/mol. The van der Waals surface area contributed by atoms with Gasteiger partial charge < -0.3 is 5.32 Å². The summed E-state index contributed by atoms with van der Waals surface area (Å²) in [6.45, 7) is 10.5. The predicted molar refractivity (Wildman–Crippen MR) is 116 cm³/mol. The number of anilines is 1. The zero-order chi connectivity index (χ0) is 18.4. The lowest BCUT2D eigenvalue weighted by Gasteiger charge is -2.20. The summed E-state index contributed by atoms with van der Waals surface area (Å²) in [6.07, 6.45) is 3.70. The molecule has 0 spiro atoms. The zero-order valence-corrected chi connectivity index (χ0v) is 17.7. The number of rotatable bonds is 8. The molecule has 0 atom stereocenters. The third-order valence-corrected chi connectivity index (χ3v) is 4.15. The van der Waals surface area contributed by atoms with Gasteiger partial charge in [-0.25, -0.2) is 9.97 Å². The summed E-state index contributed by atoms with van der Waals surface area (Å²) >= 11 is 23.9. The first-order valence-electron chi connectivity index (χ1n) is 7.57. The minimum atomic E-state index is -1.71. The molecule has 9 heteroatoms. The Morgan fingerprint density at radius 2 is 1.77 bits per heavy atom. The highest BCUT2D eigenvalue weighted by molar-refractivity contribution is 6.66. The topological polar surface area (TPSA) is 41.0 Å². The molecule has 1 aromatic carbocycles. The van der Waals surface area contributed by atoms with E-state index in [2.05, 4.69) is 33.3 Å². The van der Waals surface area contributed by atoms with E-state index >= 15 is 0 Å². The van der Waals surface area contributed by atoms with Gasteiger partial charge >= 0.3 is 0 Å². The number of aromatic nitrogens is 2. The molecule has 1 N–H and O–H groups in total. The van der Waals surface area contributed by atoms with E-state index in [9.17, 15) is 0 Å². The average Bonchev–Trinajstić information content (AvgIpc) is 2.54. The van der Waals surface area contributed by atoms with Crippen LogP contribution in [-0.4, -0.2) is 41.0 Å². The van der Waals surface area contributed by atoms with Crippen LogP contribution in [0.4, 0.5) is 5.82 Å². The first kappa shape index (κ1) is 23.3. The van der Waals surface area contributed by atoms with Crippen LogP contribution in [0.2, 0.25) is 5.02 Å². The summed E-state index contributed by atoms with van der Waals surface area (Å²) in [5.41, 5.74) is 0.650. The molecular weight excluding hydrogens is 437 g/mol. The number of hydrogen-bond donors (Lipinski definition) is 1. The van der Waals surface area contributed by atoms with Crippen molar-refractivity contribution >= 4 is 75.5 Å². The van der Waals surface area contributed by atoms with Crippen molar-refractivity contribution < 1.29 is 0 Å². The molecule has 1 aromatic heterocycles. The van der Waals surface area contributed by atoms with E-state index in [1.54, 1.807) is 18.2 Å². The Hall–Kier alpha value is -0.750. The third kappa shape index (κ3) is 6.45. The Morgan fingerprint density at radius 1 is 1.12 bits per heavy atom. The van der Waals surface area contributed by atoms with Crippen molar-refractivity contribution in [1.82, 2.24) is 14.9 Å². The van der Waals surface area contributed by atoms with Gasteiger partial charge in [0.1, 0.15) is 5.82 Å². The fraction of sp³-hybridized carbons (Fsp3) is 0.294. The van der Waals surface area contributed by atoms with E-state index in [1.165, 1.54) is 0 Å². The lowest BCUT2D eigenvalue weighted by atomic mass is 10.2. The highest BCUT2D eigenvalue weighted by Crippen LogP contribution is 2.37. The van der Waals surface area contributed by atoms with Crippen LogP contribution in [0.15, 0.2) is 43.5 Å². The van der Waals surface area contributed by atoms with Crippen LogP contribution in [-0.2, 0) is 3.79 Å². The second-order valence-corrected chi connectivity index (χ2v) is 8.04. The van der Waals surface area contributed by atoms with Gasteiger partial charge in [0.15, 0.2) is 5.82 Å². The highest BCUT2D eigenvalue weighted by Gasteiger charge is 2.28. The van der Waals surface area contributed by atoms with Crippen molar-refractivity contribution in [2.45, 2.75) is 3.79 Å². The van der Waals surface area contributed by atoms with Crippen LogP contribution < -0.4 is 5.32 Å². The fourth-order valence-electron chi connectivity index (χ4n) is 2.32. The molecule has 0 aliphatic carbocycles. The minimum absolute atomic E-state index is 0. The largest absolute Gasteiger partial charge is 0.368 e. The second-order valence-electron chi connectivity index (χ2n) is 5.32. The molecular formula is C17H19Cl5N4. The molecule has 4 nitrogen and oxygen atoms in total. The van der Waals surface area contributed by atoms with E-state index in [0.717, 1.165) is 25.0 Å². The van der Waals surface area contributed by atoms with Crippen molar-refractivity contribution in [3.05, 3.63) is 54.4 Å². The number of halogens is 5. The van der Waals surface area contributed by atoms with Crippen LogP contribution in [0.5, 0.6) is 0 Å². The molecule has 0 saturated carbocycles. The Balaban J connectivity index is 0.00000338. The van der Waals surface area contributed by atoms with Gasteiger partial charge in [-0.15, -0.1) is 25.6 Å². The fourth-order valence-corrected chi connectivity index (χ4v) is 2.74. The highest BCUT2D eigenvalue weighted by atomic mass is 35.6. The van der Waals surface area contributed by atoms with Gasteiger partial charge in [0.25, 0.3) is 0 Å². The van der Waals surface area contributed by atoms with E-state index in [4.69, 9.17) is 46.4 Å². The van der Waals surface area contributed by atoms with Crippen molar-refractivity contribution in [2.24, 2.45) is 0 Å². The lowest BCUT2D eigenvalue weighted by Crippen LogP contribution is -2.29. The maximum Gasteiger partial charge on any atom is 0.250 e. The first-order valence-corrected chi connectivity index (χ1v) is 9.09. The van der Waals surface area contributed by atoms with Gasteiger partial charge in [-0.3, -0.25) is 4.90 Å². The third-order valence-electron chi connectivity index (χ3n) is 3.41. The smallest absolute Gasteiger partial charge is 0.250 e. The molecule has 26 heavy (non-hydrogen) atoms. The molecule has 0 radical (unpaired) electrons. The molecule has 2 rings (SSSR count). The maximum absolute atomic E-state index is 6.10. The summed E-state index contributed by atoms with van der Waals surface area (Å²) in [5, 5.41) is 4.63.